The van der Waals surface area contributed by atoms with Gasteiger partial charge >= 0.3 is 0 Å². The third-order valence-corrected chi connectivity index (χ3v) is 3.38. The van der Waals surface area contributed by atoms with Crippen LogP contribution in [0.3, 0.4) is 0 Å². The zero-order valence-corrected chi connectivity index (χ0v) is 10.8. The smallest absolute Gasteiger partial charge is 0.252 e. The van der Waals surface area contributed by atoms with E-state index < -0.39 is 0 Å². The van der Waals surface area contributed by atoms with E-state index >= 15 is 0 Å². The highest BCUT2D eigenvalue weighted by atomic mass is 32.2. The number of hydrogen-bond acceptors (Lipinski definition) is 5. The number of aromatic nitrogens is 2. The summed E-state index contributed by atoms with van der Waals surface area (Å²) < 4.78 is 0. The summed E-state index contributed by atoms with van der Waals surface area (Å²) in [4.78, 5) is 19.1. The van der Waals surface area contributed by atoms with E-state index in [1.54, 1.807) is 11.8 Å². The second-order valence-corrected chi connectivity index (χ2v) is 4.88. The maximum Gasteiger partial charge on any atom is 0.252 e. The lowest BCUT2D eigenvalue weighted by Crippen LogP contribution is -2.17. The molecule has 0 unspecified atom stereocenters. The molecule has 1 aromatic carbocycles. The molecule has 0 aliphatic carbocycles. The van der Waals surface area contributed by atoms with Crippen LogP contribution in [0.4, 0.5) is 5.95 Å². The van der Waals surface area contributed by atoms with Crippen LogP contribution in [0, 0.1) is 6.92 Å². The fraction of sp³-hybridized carbons (Fsp3) is 0.167. The normalized spacial score (nSPS) is 10.3. The predicted molar refractivity (Wildman–Crippen MR) is 73.4 cm³/mol. The minimum Gasteiger partial charge on any atom is -0.294 e. The molecule has 0 atom stereocenters. The highest BCUT2D eigenvalue weighted by molar-refractivity contribution is 7.98. The Morgan fingerprint density at radius 2 is 2.11 bits per heavy atom. The lowest BCUT2D eigenvalue weighted by Gasteiger charge is -2.04. The van der Waals surface area contributed by atoms with Crippen molar-refractivity contribution >= 4 is 17.7 Å². The number of hydrazine groups is 1. The van der Waals surface area contributed by atoms with Gasteiger partial charge in [-0.1, -0.05) is 17.7 Å². The molecule has 0 radical (unpaired) electrons. The number of aryl methyl sites for hydroxylation is 1. The van der Waals surface area contributed by atoms with E-state index in [0.717, 1.165) is 4.90 Å². The second kappa shape index (κ2) is 5.70. The maximum atomic E-state index is 11.3. The Kier molecular flexibility index (Phi) is 4.01. The highest BCUT2D eigenvalue weighted by Gasteiger charge is 2.01. The van der Waals surface area contributed by atoms with Gasteiger partial charge in [0.05, 0.1) is 5.69 Å². The Morgan fingerprint density at radius 3 is 2.78 bits per heavy atom. The van der Waals surface area contributed by atoms with Crippen LogP contribution in [0.15, 0.2) is 40.0 Å². The third-order valence-electron chi connectivity index (χ3n) is 2.34. The molecule has 0 saturated heterocycles. The van der Waals surface area contributed by atoms with Crippen LogP contribution in [0.5, 0.6) is 0 Å². The molecule has 0 aliphatic heterocycles. The van der Waals surface area contributed by atoms with Gasteiger partial charge in [-0.05, 0) is 19.1 Å². The second-order valence-electron chi connectivity index (χ2n) is 3.83. The quantitative estimate of drug-likeness (QED) is 0.443. The highest BCUT2D eigenvalue weighted by Crippen LogP contribution is 2.21. The van der Waals surface area contributed by atoms with Gasteiger partial charge in [-0.25, -0.2) is 10.8 Å². The lowest BCUT2D eigenvalue weighted by molar-refractivity contribution is 1.03. The summed E-state index contributed by atoms with van der Waals surface area (Å²) in [6.45, 7) is 2.05. The van der Waals surface area contributed by atoms with Gasteiger partial charge in [0.2, 0.25) is 5.95 Å². The fourth-order valence-corrected chi connectivity index (χ4v) is 2.23. The summed E-state index contributed by atoms with van der Waals surface area (Å²) in [7, 11) is 0. The predicted octanol–water partition coefficient (Wildman–Crippen LogP) is 1.66. The van der Waals surface area contributed by atoms with Crippen LogP contribution in [-0.4, -0.2) is 9.97 Å². The summed E-state index contributed by atoms with van der Waals surface area (Å²) in [5.41, 5.74) is 4.04. The van der Waals surface area contributed by atoms with Gasteiger partial charge in [0.25, 0.3) is 5.56 Å². The van der Waals surface area contributed by atoms with Crippen LogP contribution in [0.25, 0.3) is 0 Å². The maximum absolute atomic E-state index is 11.3. The molecule has 18 heavy (non-hydrogen) atoms. The Labute approximate surface area is 109 Å². The molecule has 5 nitrogen and oxygen atoms in total. The number of aromatic amines is 1. The average molecular weight is 262 g/mol. The standard InChI is InChI=1S/C12H14N4OS/c1-8-2-4-10(5-3-8)18-7-9-6-11(17)15-12(14-9)16-13/h2-6H,7,13H2,1H3,(H2,14,15,16,17). The van der Waals surface area contributed by atoms with Crippen LogP contribution >= 0.6 is 11.8 Å². The van der Waals surface area contributed by atoms with E-state index in [2.05, 4.69) is 39.7 Å². The topological polar surface area (TPSA) is 83.8 Å². The summed E-state index contributed by atoms with van der Waals surface area (Å²) >= 11 is 1.63. The van der Waals surface area contributed by atoms with Gasteiger partial charge in [0.1, 0.15) is 0 Å². The lowest BCUT2D eigenvalue weighted by atomic mass is 10.2. The molecule has 4 N–H and O–H groups in total. The number of hydrogen-bond donors (Lipinski definition) is 3. The van der Waals surface area contributed by atoms with E-state index in [9.17, 15) is 4.79 Å². The molecular formula is C12H14N4OS. The number of anilines is 1. The van der Waals surface area contributed by atoms with Crippen molar-refractivity contribution in [2.24, 2.45) is 5.84 Å². The summed E-state index contributed by atoms with van der Waals surface area (Å²) in [6.07, 6.45) is 0. The molecule has 2 aromatic rings. The minimum atomic E-state index is -0.211. The number of nitrogens with zero attached hydrogens (tertiary/aromatic N) is 1. The van der Waals surface area contributed by atoms with Gasteiger partial charge in [0.15, 0.2) is 0 Å². The zero-order chi connectivity index (χ0) is 13.0. The van der Waals surface area contributed by atoms with Crippen LogP contribution in [0.1, 0.15) is 11.3 Å². The Hall–Kier alpha value is -1.79. The average Bonchev–Trinajstić information content (AvgIpc) is 2.37. The summed E-state index contributed by atoms with van der Waals surface area (Å²) in [5.74, 6) is 6.13. The Morgan fingerprint density at radius 1 is 1.39 bits per heavy atom. The van der Waals surface area contributed by atoms with Crippen molar-refractivity contribution in [2.75, 3.05) is 5.43 Å². The molecule has 0 bridgehead atoms. The number of nitrogen functional groups attached to an aromatic ring is 1. The molecule has 0 spiro atoms. The molecule has 1 aromatic heterocycles. The van der Waals surface area contributed by atoms with Crippen LogP contribution in [0.2, 0.25) is 0 Å². The Balaban J connectivity index is 2.08. The molecule has 0 saturated carbocycles. The first kappa shape index (κ1) is 12.7. The summed E-state index contributed by atoms with van der Waals surface area (Å²) in [5, 5.41) is 0. The molecule has 94 valence electrons. The van der Waals surface area contributed by atoms with Crippen molar-refractivity contribution in [2.45, 2.75) is 17.6 Å². The molecule has 6 heteroatoms. The Bertz CT molecular complexity index is 579. The van der Waals surface area contributed by atoms with E-state index in [1.807, 2.05) is 6.92 Å². The number of rotatable bonds is 4. The fourth-order valence-electron chi connectivity index (χ4n) is 1.44. The van der Waals surface area contributed by atoms with E-state index in [-0.39, 0.29) is 11.5 Å². The third kappa shape index (κ3) is 3.35. The molecular weight excluding hydrogens is 248 g/mol. The monoisotopic (exact) mass is 262 g/mol. The first-order chi connectivity index (χ1) is 8.67. The van der Waals surface area contributed by atoms with E-state index in [4.69, 9.17) is 5.84 Å². The number of H-pyrrole nitrogens is 1. The summed E-state index contributed by atoms with van der Waals surface area (Å²) in [6, 6.07) is 9.69. The van der Waals surface area contributed by atoms with Gasteiger partial charge in [-0.2, -0.15) is 0 Å². The molecule has 0 aliphatic rings. The van der Waals surface area contributed by atoms with E-state index in [1.165, 1.54) is 11.6 Å². The van der Waals surface area contributed by atoms with Gasteiger partial charge in [0, 0.05) is 16.7 Å². The number of nitrogens with one attached hydrogen (secondary N) is 2. The first-order valence-electron chi connectivity index (χ1n) is 5.44. The van der Waals surface area contributed by atoms with Gasteiger partial charge < -0.3 is 0 Å². The van der Waals surface area contributed by atoms with Crippen molar-refractivity contribution < 1.29 is 0 Å². The van der Waals surface area contributed by atoms with Crippen molar-refractivity contribution in [1.29, 1.82) is 0 Å². The molecule has 1 heterocycles. The van der Waals surface area contributed by atoms with Crippen molar-refractivity contribution in [3.05, 3.63) is 51.9 Å². The molecule has 0 amide bonds. The number of nitrogens with two attached hydrogens (primary N) is 1. The first-order valence-corrected chi connectivity index (χ1v) is 6.42. The van der Waals surface area contributed by atoms with Crippen LogP contribution < -0.4 is 16.8 Å². The van der Waals surface area contributed by atoms with Crippen molar-refractivity contribution in [3.63, 3.8) is 0 Å². The molecule has 0 fully saturated rings. The van der Waals surface area contributed by atoms with E-state index in [0.29, 0.717) is 11.4 Å². The number of thioether (sulfide) groups is 1. The van der Waals surface area contributed by atoms with Gasteiger partial charge in [-0.3, -0.25) is 15.2 Å². The van der Waals surface area contributed by atoms with Crippen molar-refractivity contribution in [1.82, 2.24) is 9.97 Å². The minimum absolute atomic E-state index is 0.211. The largest absolute Gasteiger partial charge is 0.294 e. The van der Waals surface area contributed by atoms with Gasteiger partial charge in [-0.15, -0.1) is 11.8 Å². The van der Waals surface area contributed by atoms with Crippen LogP contribution in [-0.2, 0) is 5.75 Å². The van der Waals surface area contributed by atoms with Crippen molar-refractivity contribution in [3.8, 4) is 0 Å². The zero-order valence-electron chi connectivity index (χ0n) is 9.93. The number of benzene rings is 1. The SMILES string of the molecule is Cc1ccc(SCc2cc(=O)[nH]c(NN)n2)cc1. The molecule has 2 rings (SSSR count).